The van der Waals surface area contributed by atoms with Crippen molar-refractivity contribution < 1.29 is 23.8 Å². The maximum absolute atomic E-state index is 12.0. The minimum absolute atomic E-state index is 0.145. The van der Waals surface area contributed by atoms with Crippen molar-refractivity contribution in [2.45, 2.75) is 6.54 Å². The third kappa shape index (κ3) is 3.40. The molecule has 0 spiro atoms. The number of anilines is 1. The quantitative estimate of drug-likeness (QED) is 0.834. The number of methoxy groups -OCH3 is 1. The van der Waals surface area contributed by atoms with E-state index in [1.54, 1.807) is 31.4 Å². The van der Waals surface area contributed by atoms with E-state index in [9.17, 15) is 9.59 Å². The molecule has 0 fully saturated rings. The number of nitrogens with one attached hydrogen (secondary N) is 2. The minimum Gasteiger partial charge on any atom is -0.496 e. The Morgan fingerprint density at radius 1 is 1.08 bits per heavy atom. The highest BCUT2D eigenvalue weighted by atomic mass is 16.7. The van der Waals surface area contributed by atoms with Crippen LogP contribution in [0.2, 0.25) is 0 Å². The van der Waals surface area contributed by atoms with Gasteiger partial charge in [-0.1, -0.05) is 18.2 Å². The van der Waals surface area contributed by atoms with Gasteiger partial charge in [-0.3, -0.25) is 9.59 Å². The summed E-state index contributed by atoms with van der Waals surface area (Å²) in [7, 11) is 1.55. The molecule has 2 aromatic rings. The third-order valence-electron chi connectivity index (χ3n) is 3.47. The number of carbonyl (C=O) groups is 2. The summed E-state index contributed by atoms with van der Waals surface area (Å²) < 4.78 is 15.6. The van der Waals surface area contributed by atoms with Gasteiger partial charge >= 0.3 is 11.8 Å². The van der Waals surface area contributed by atoms with Crippen LogP contribution >= 0.6 is 0 Å². The molecule has 124 valence electrons. The summed E-state index contributed by atoms with van der Waals surface area (Å²) in [5.74, 6) is 0.284. The zero-order chi connectivity index (χ0) is 16.9. The molecule has 1 aliphatic rings. The summed E-state index contributed by atoms with van der Waals surface area (Å²) in [6, 6.07) is 12.2. The van der Waals surface area contributed by atoms with Gasteiger partial charge in [-0.25, -0.2) is 0 Å². The summed E-state index contributed by atoms with van der Waals surface area (Å²) in [6.45, 7) is 0.337. The van der Waals surface area contributed by atoms with E-state index in [0.29, 0.717) is 22.9 Å². The number of fused-ring (bicyclic) bond motifs is 1. The van der Waals surface area contributed by atoms with Crippen molar-refractivity contribution in [1.29, 1.82) is 0 Å². The number of benzene rings is 2. The number of amides is 2. The molecule has 1 aliphatic heterocycles. The molecule has 0 aliphatic carbocycles. The lowest BCUT2D eigenvalue weighted by Gasteiger charge is -2.10. The van der Waals surface area contributed by atoms with Crippen LogP contribution in [-0.2, 0) is 16.1 Å². The summed E-state index contributed by atoms with van der Waals surface area (Å²) in [5.41, 5.74) is 1.24. The molecule has 2 N–H and O–H groups in total. The molecule has 0 aromatic heterocycles. The van der Waals surface area contributed by atoms with Gasteiger partial charge in [0.2, 0.25) is 6.79 Å². The molecule has 7 heteroatoms. The van der Waals surface area contributed by atoms with Gasteiger partial charge in [0.1, 0.15) is 5.75 Å². The third-order valence-corrected chi connectivity index (χ3v) is 3.47. The second kappa shape index (κ2) is 6.91. The van der Waals surface area contributed by atoms with Gasteiger partial charge in [-0.15, -0.1) is 0 Å². The number of hydrogen-bond donors (Lipinski definition) is 2. The first kappa shape index (κ1) is 15.7. The molecule has 0 saturated carbocycles. The summed E-state index contributed by atoms with van der Waals surface area (Å²) in [4.78, 5) is 23.9. The highest BCUT2D eigenvalue weighted by Crippen LogP contribution is 2.34. The Labute approximate surface area is 138 Å². The van der Waals surface area contributed by atoms with Gasteiger partial charge in [-0.2, -0.15) is 0 Å². The van der Waals surface area contributed by atoms with Crippen LogP contribution in [0.3, 0.4) is 0 Å². The summed E-state index contributed by atoms with van der Waals surface area (Å²) in [6.07, 6.45) is 0. The lowest BCUT2D eigenvalue weighted by Crippen LogP contribution is -2.35. The monoisotopic (exact) mass is 328 g/mol. The molecule has 7 nitrogen and oxygen atoms in total. The first-order valence-electron chi connectivity index (χ1n) is 7.28. The average Bonchev–Trinajstić information content (AvgIpc) is 3.07. The van der Waals surface area contributed by atoms with E-state index in [0.717, 1.165) is 5.56 Å². The summed E-state index contributed by atoms with van der Waals surface area (Å²) in [5, 5.41) is 5.08. The van der Waals surface area contributed by atoms with Gasteiger partial charge in [0, 0.05) is 23.9 Å². The fourth-order valence-corrected chi connectivity index (χ4v) is 2.27. The Morgan fingerprint density at radius 3 is 2.71 bits per heavy atom. The van der Waals surface area contributed by atoms with Crippen LogP contribution in [-0.4, -0.2) is 25.7 Å². The molecule has 3 rings (SSSR count). The Bertz CT molecular complexity index is 775. The van der Waals surface area contributed by atoms with Gasteiger partial charge in [0.15, 0.2) is 11.5 Å². The van der Waals surface area contributed by atoms with Crippen molar-refractivity contribution in [3.05, 3.63) is 48.0 Å². The number of rotatable bonds is 4. The molecular weight excluding hydrogens is 312 g/mol. The van der Waals surface area contributed by atoms with E-state index >= 15 is 0 Å². The predicted molar refractivity (Wildman–Crippen MR) is 86.0 cm³/mol. The standard InChI is InChI=1S/C17H16N2O5/c1-22-13-5-3-2-4-11(13)9-18-16(20)17(21)19-12-6-7-14-15(8-12)24-10-23-14/h2-8H,9-10H2,1H3,(H,18,20)(H,19,21). The van der Waals surface area contributed by atoms with E-state index in [-0.39, 0.29) is 13.3 Å². The van der Waals surface area contributed by atoms with E-state index in [1.807, 2.05) is 18.2 Å². The molecule has 1 heterocycles. The van der Waals surface area contributed by atoms with Crippen molar-refractivity contribution in [3.8, 4) is 17.2 Å². The fraction of sp³-hybridized carbons (Fsp3) is 0.176. The van der Waals surface area contributed by atoms with Gasteiger partial charge in [0.05, 0.1) is 7.11 Å². The van der Waals surface area contributed by atoms with E-state index < -0.39 is 11.8 Å². The number of hydrogen-bond acceptors (Lipinski definition) is 5. The zero-order valence-corrected chi connectivity index (χ0v) is 13.0. The zero-order valence-electron chi connectivity index (χ0n) is 13.0. The minimum atomic E-state index is -0.760. The molecule has 0 saturated heterocycles. The van der Waals surface area contributed by atoms with Crippen molar-refractivity contribution in [3.63, 3.8) is 0 Å². The Balaban J connectivity index is 1.58. The fourth-order valence-electron chi connectivity index (χ4n) is 2.27. The molecule has 2 amide bonds. The largest absolute Gasteiger partial charge is 0.496 e. The molecule has 0 bridgehead atoms. The molecule has 24 heavy (non-hydrogen) atoms. The maximum Gasteiger partial charge on any atom is 0.313 e. The van der Waals surface area contributed by atoms with Gasteiger partial charge < -0.3 is 24.8 Å². The molecule has 0 atom stereocenters. The topological polar surface area (TPSA) is 85.9 Å². The first-order chi connectivity index (χ1) is 11.7. The smallest absolute Gasteiger partial charge is 0.313 e. The van der Waals surface area contributed by atoms with Crippen LogP contribution in [0, 0.1) is 0 Å². The van der Waals surface area contributed by atoms with Crippen molar-refractivity contribution in [1.82, 2.24) is 5.32 Å². The van der Waals surface area contributed by atoms with Gasteiger partial charge in [-0.05, 0) is 18.2 Å². The van der Waals surface area contributed by atoms with Crippen LogP contribution in [0.25, 0.3) is 0 Å². The Kier molecular flexibility index (Phi) is 4.51. The number of ether oxygens (including phenoxy) is 3. The SMILES string of the molecule is COc1ccccc1CNC(=O)C(=O)Nc1ccc2c(c1)OCO2. The van der Waals surface area contributed by atoms with Crippen LogP contribution in [0.5, 0.6) is 17.2 Å². The average molecular weight is 328 g/mol. The lowest BCUT2D eigenvalue weighted by atomic mass is 10.2. The molecule has 2 aromatic carbocycles. The second-order valence-corrected chi connectivity index (χ2v) is 5.02. The van der Waals surface area contributed by atoms with E-state index in [1.165, 1.54) is 0 Å². The highest BCUT2D eigenvalue weighted by Gasteiger charge is 2.17. The number of para-hydroxylation sites is 1. The normalized spacial score (nSPS) is 11.7. The van der Waals surface area contributed by atoms with Gasteiger partial charge in [0.25, 0.3) is 0 Å². The predicted octanol–water partition coefficient (Wildman–Crippen LogP) is 1.68. The molecule has 0 unspecified atom stereocenters. The highest BCUT2D eigenvalue weighted by molar-refractivity contribution is 6.39. The lowest BCUT2D eigenvalue weighted by molar-refractivity contribution is -0.136. The first-order valence-corrected chi connectivity index (χ1v) is 7.28. The Morgan fingerprint density at radius 2 is 1.88 bits per heavy atom. The van der Waals surface area contributed by atoms with Crippen molar-refractivity contribution in [2.24, 2.45) is 0 Å². The Hall–Kier alpha value is -3.22. The van der Waals surface area contributed by atoms with Crippen molar-refractivity contribution >= 4 is 17.5 Å². The van der Waals surface area contributed by atoms with Crippen LogP contribution in [0.15, 0.2) is 42.5 Å². The van der Waals surface area contributed by atoms with Crippen LogP contribution < -0.4 is 24.8 Å². The number of carbonyl (C=O) groups excluding carboxylic acids is 2. The van der Waals surface area contributed by atoms with E-state index in [4.69, 9.17) is 14.2 Å². The maximum atomic E-state index is 12.0. The second-order valence-electron chi connectivity index (χ2n) is 5.02. The van der Waals surface area contributed by atoms with E-state index in [2.05, 4.69) is 10.6 Å². The van der Waals surface area contributed by atoms with Crippen LogP contribution in [0.4, 0.5) is 5.69 Å². The molecule has 0 radical (unpaired) electrons. The van der Waals surface area contributed by atoms with Crippen LogP contribution in [0.1, 0.15) is 5.56 Å². The van der Waals surface area contributed by atoms with Crippen molar-refractivity contribution in [2.75, 3.05) is 19.2 Å². The molecular formula is C17H16N2O5. The summed E-state index contributed by atoms with van der Waals surface area (Å²) >= 11 is 0.